The molecular weight excluding hydrogens is 346 g/mol. The maximum Gasteiger partial charge on any atom is 0.136 e. The number of nitrogens with zero attached hydrogens (tertiary/aromatic N) is 5. The van der Waals surface area contributed by atoms with Crippen LogP contribution in [0.5, 0.6) is 5.75 Å². The summed E-state index contributed by atoms with van der Waals surface area (Å²) in [6.07, 6.45) is 6.35. The Morgan fingerprint density at radius 2 is 2.23 bits per heavy atom. The summed E-state index contributed by atoms with van der Waals surface area (Å²) in [6, 6.07) is 4.00. The first-order valence-electron chi connectivity index (χ1n) is 7.33. The normalized spacial score (nSPS) is 14.6. The van der Waals surface area contributed by atoms with E-state index in [0.717, 1.165) is 39.3 Å². The van der Waals surface area contributed by atoms with Crippen molar-refractivity contribution in [2.45, 2.75) is 26.0 Å². The van der Waals surface area contributed by atoms with Gasteiger partial charge in [-0.3, -0.25) is 4.68 Å². The average Bonchev–Trinajstić information content (AvgIpc) is 3.08. The van der Waals surface area contributed by atoms with Crippen LogP contribution < -0.4 is 4.74 Å². The highest BCUT2D eigenvalue weighted by molar-refractivity contribution is 9.10. The highest BCUT2D eigenvalue weighted by Gasteiger charge is 2.23. The third-order valence-electron chi connectivity index (χ3n) is 3.87. The second-order valence-electron chi connectivity index (χ2n) is 5.77. The Kier molecular flexibility index (Phi) is 3.37. The fraction of sp³-hybridized carbons (Fsp3) is 0.400. The van der Waals surface area contributed by atoms with Gasteiger partial charge in [-0.1, -0.05) is 5.21 Å². The van der Waals surface area contributed by atoms with E-state index in [1.807, 2.05) is 30.1 Å². The molecule has 22 heavy (non-hydrogen) atoms. The minimum atomic E-state index is 0.480. The van der Waals surface area contributed by atoms with Crippen LogP contribution in [0, 0.1) is 5.92 Å². The van der Waals surface area contributed by atoms with E-state index in [2.05, 4.69) is 31.3 Å². The molecule has 0 bridgehead atoms. The summed E-state index contributed by atoms with van der Waals surface area (Å²) in [6.45, 7) is 1.44. The molecule has 0 N–H and O–H groups in total. The van der Waals surface area contributed by atoms with Crippen LogP contribution in [0.1, 0.15) is 18.4 Å². The molecule has 3 aromatic rings. The first-order chi connectivity index (χ1) is 10.7. The van der Waals surface area contributed by atoms with Crippen LogP contribution in [-0.2, 0) is 20.2 Å². The van der Waals surface area contributed by atoms with Gasteiger partial charge in [0.15, 0.2) is 0 Å². The zero-order valence-corrected chi connectivity index (χ0v) is 13.8. The third-order valence-corrected chi connectivity index (χ3v) is 4.64. The van der Waals surface area contributed by atoms with Crippen molar-refractivity contribution in [2.75, 3.05) is 0 Å². The highest BCUT2D eigenvalue weighted by Crippen LogP contribution is 2.35. The van der Waals surface area contributed by atoms with Crippen molar-refractivity contribution in [3.8, 4) is 5.75 Å². The lowest BCUT2D eigenvalue weighted by Gasteiger charge is -2.07. The summed E-state index contributed by atoms with van der Waals surface area (Å²) in [5.74, 6) is 1.54. The molecule has 0 unspecified atom stereocenters. The van der Waals surface area contributed by atoms with Gasteiger partial charge in [0, 0.05) is 25.4 Å². The van der Waals surface area contributed by atoms with Gasteiger partial charge in [-0.25, -0.2) is 4.68 Å². The summed E-state index contributed by atoms with van der Waals surface area (Å²) >= 11 is 3.59. The molecule has 7 heteroatoms. The molecule has 2 heterocycles. The first kappa shape index (κ1) is 13.8. The molecule has 0 radical (unpaired) electrons. The summed E-state index contributed by atoms with van der Waals surface area (Å²) < 4.78 is 10.5. The summed E-state index contributed by atoms with van der Waals surface area (Å²) in [5, 5.41) is 12.7. The molecule has 0 amide bonds. The zero-order valence-electron chi connectivity index (χ0n) is 12.2. The Labute approximate surface area is 136 Å². The molecular formula is C15H16BrN5O. The van der Waals surface area contributed by atoms with Gasteiger partial charge in [0.2, 0.25) is 0 Å². The molecule has 1 aliphatic carbocycles. The highest BCUT2D eigenvalue weighted by atomic mass is 79.9. The second-order valence-corrected chi connectivity index (χ2v) is 6.56. The molecule has 0 saturated heterocycles. The largest absolute Gasteiger partial charge is 0.488 e. The topological polar surface area (TPSA) is 57.8 Å². The summed E-state index contributed by atoms with van der Waals surface area (Å²) in [7, 11) is 1.89. The lowest BCUT2D eigenvalue weighted by Crippen LogP contribution is -2.01. The Balaban J connectivity index is 1.57. The van der Waals surface area contributed by atoms with Gasteiger partial charge in [-0.15, -0.1) is 5.10 Å². The van der Waals surface area contributed by atoms with E-state index in [-0.39, 0.29) is 0 Å². The van der Waals surface area contributed by atoms with Gasteiger partial charge < -0.3 is 4.74 Å². The second kappa shape index (κ2) is 5.39. The minimum absolute atomic E-state index is 0.480. The molecule has 0 atom stereocenters. The standard InChI is InChI=1S/C15H16BrN5O/c1-20-7-11(6-17-20)9-22-13-5-4-12-15(14(13)16)18-19-21(12)8-10-2-3-10/h4-7,10H,2-3,8-9H2,1H3. The molecule has 1 fully saturated rings. The van der Waals surface area contributed by atoms with Crippen molar-refractivity contribution < 1.29 is 4.74 Å². The first-order valence-corrected chi connectivity index (χ1v) is 8.12. The monoisotopic (exact) mass is 361 g/mol. The maximum absolute atomic E-state index is 5.87. The molecule has 2 aromatic heterocycles. The molecule has 6 nitrogen and oxygen atoms in total. The van der Waals surface area contributed by atoms with Gasteiger partial charge in [-0.05, 0) is 46.8 Å². The zero-order chi connectivity index (χ0) is 15.1. The van der Waals surface area contributed by atoms with Gasteiger partial charge >= 0.3 is 0 Å². The molecule has 1 aromatic carbocycles. The van der Waals surface area contributed by atoms with Crippen LogP contribution in [0.4, 0.5) is 0 Å². The van der Waals surface area contributed by atoms with Crippen LogP contribution in [0.25, 0.3) is 11.0 Å². The number of aryl methyl sites for hydroxylation is 1. The lowest BCUT2D eigenvalue weighted by molar-refractivity contribution is 0.304. The Morgan fingerprint density at radius 1 is 1.36 bits per heavy atom. The van der Waals surface area contributed by atoms with E-state index >= 15 is 0 Å². The SMILES string of the molecule is Cn1cc(COc2ccc3c(nnn3CC3CC3)c2Br)cn1. The molecule has 1 aliphatic rings. The van der Waals surface area contributed by atoms with E-state index in [1.165, 1.54) is 12.8 Å². The van der Waals surface area contributed by atoms with Crippen molar-refractivity contribution in [1.82, 2.24) is 24.8 Å². The summed E-state index contributed by atoms with van der Waals surface area (Å²) in [4.78, 5) is 0. The van der Waals surface area contributed by atoms with Crippen molar-refractivity contribution in [3.05, 3.63) is 34.6 Å². The number of hydrogen-bond acceptors (Lipinski definition) is 4. The average molecular weight is 362 g/mol. The third kappa shape index (κ3) is 2.61. The predicted octanol–water partition coefficient (Wildman–Crippen LogP) is 2.92. The van der Waals surface area contributed by atoms with Crippen LogP contribution in [-0.4, -0.2) is 24.8 Å². The van der Waals surface area contributed by atoms with Crippen LogP contribution in [0.15, 0.2) is 29.0 Å². The minimum Gasteiger partial charge on any atom is -0.488 e. The lowest BCUT2D eigenvalue weighted by atomic mass is 10.3. The van der Waals surface area contributed by atoms with E-state index in [4.69, 9.17) is 4.74 Å². The van der Waals surface area contributed by atoms with E-state index in [1.54, 1.807) is 10.9 Å². The van der Waals surface area contributed by atoms with Crippen molar-refractivity contribution in [1.29, 1.82) is 0 Å². The Bertz CT molecular complexity index is 821. The van der Waals surface area contributed by atoms with Gasteiger partial charge in [-0.2, -0.15) is 5.10 Å². The number of benzene rings is 1. The Hall–Kier alpha value is -1.89. The fourth-order valence-electron chi connectivity index (χ4n) is 2.48. The molecule has 0 aliphatic heterocycles. The van der Waals surface area contributed by atoms with Gasteiger partial charge in [0.25, 0.3) is 0 Å². The van der Waals surface area contributed by atoms with E-state index < -0.39 is 0 Å². The number of rotatable bonds is 5. The molecule has 0 spiro atoms. The smallest absolute Gasteiger partial charge is 0.136 e. The predicted molar refractivity (Wildman–Crippen MR) is 85.5 cm³/mol. The van der Waals surface area contributed by atoms with Crippen molar-refractivity contribution >= 4 is 27.0 Å². The number of halogens is 1. The van der Waals surface area contributed by atoms with E-state index in [9.17, 15) is 0 Å². The van der Waals surface area contributed by atoms with Gasteiger partial charge in [0.1, 0.15) is 17.9 Å². The maximum atomic E-state index is 5.87. The van der Waals surface area contributed by atoms with Crippen LogP contribution in [0.2, 0.25) is 0 Å². The number of hydrogen-bond donors (Lipinski definition) is 0. The fourth-order valence-corrected chi connectivity index (χ4v) is 3.01. The van der Waals surface area contributed by atoms with Crippen molar-refractivity contribution in [2.24, 2.45) is 13.0 Å². The van der Waals surface area contributed by atoms with Crippen LogP contribution >= 0.6 is 15.9 Å². The number of aromatic nitrogens is 5. The quantitative estimate of drug-likeness (QED) is 0.700. The molecule has 4 rings (SSSR count). The number of ether oxygens (including phenoxy) is 1. The van der Waals surface area contributed by atoms with Gasteiger partial charge in [0.05, 0.1) is 16.2 Å². The van der Waals surface area contributed by atoms with Crippen LogP contribution in [0.3, 0.4) is 0 Å². The van der Waals surface area contributed by atoms with Crippen molar-refractivity contribution in [3.63, 3.8) is 0 Å². The molecule has 1 saturated carbocycles. The molecule has 114 valence electrons. The van der Waals surface area contributed by atoms with E-state index in [0.29, 0.717) is 6.61 Å². The number of fused-ring (bicyclic) bond motifs is 1. The summed E-state index contributed by atoms with van der Waals surface area (Å²) in [5.41, 5.74) is 2.93. The Morgan fingerprint density at radius 3 is 2.95 bits per heavy atom.